The normalized spacial score (nSPS) is 14.3. The lowest BCUT2D eigenvalue weighted by Gasteiger charge is -2.04. The summed E-state index contributed by atoms with van der Waals surface area (Å²) >= 11 is 6.34. The number of carbonyl (C=O) groups is 1. The lowest BCUT2D eigenvalue weighted by atomic mass is 10.2. The molecule has 2 aromatic rings. The van der Waals surface area contributed by atoms with E-state index in [-0.39, 0.29) is 5.30 Å². The number of nitrogens with zero attached hydrogens (tertiary/aromatic N) is 3. The topological polar surface area (TPSA) is 57.0 Å². The van der Waals surface area contributed by atoms with E-state index in [9.17, 15) is 4.79 Å². The van der Waals surface area contributed by atoms with Gasteiger partial charge in [-0.25, -0.2) is 4.79 Å². The molecule has 5 nitrogen and oxygen atoms in total. The second-order valence-corrected chi connectivity index (χ2v) is 7.78. The van der Waals surface area contributed by atoms with Crippen molar-refractivity contribution in [2.45, 2.75) is 38.4 Å². The number of rotatable bonds is 5. The third-order valence-corrected chi connectivity index (χ3v) is 6.04. The Morgan fingerprint density at radius 3 is 3.00 bits per heavy atom. The second kappa shape index (κ2) is 6.72. The van der Waals surface area contributed by atoms with Crippen molar-refractivity contribution in [2.75, 3.05) is 6.61 Å². The highest BCUT2D eigenvalue weighted by atomic mass is 79.9. The number of hydrogen-bond acceptors (Lipinski definition) is 6. The molecule has 1 saturated carbocycles. The van der Waals surface area contributed by atoms with Crippen molar-refractivity contribution in [3.05, 3.63) is 27.1 Å². The van der Waals surface area contributed by atoms with Crippen LogP contribution in [0, 0.1) is 6.92 Å². The zero-order valence-electron chi connectivity index (χ0n) is 12.3. The number of hydrogen-bond donors (Lipinski definition) is 0. The fraction of sp³-hybridized carbons (Fsp3) is 0.500. The quantitative estimate of drug-likeness (QED) is 0.681. The Morgan fingerprint density at radius 1 is 1.55 bits per heavy atom. The van der Waals surface area contributed by atoms with Gasteiger partial charge in [-0.05, 0) is 71.9 Å². The maximum absolute atomic E-state index is 11.5. The molecule has 0 amide bonds. The number of aryl methyl sites for hydroxylation is 1. The van der Waals surface area contributed by atoms with E-state index in [2.05, 4.69) is 39.1 Å². The van der Waals surface area contributed by atoms with Crippen LogP contribution in [0.2, 0.25) is 0 Å². The Balaban J connectivity index is 1.82. The molecule has 0 saturated heterocycles. The molecule has 2 heterocycles. The minimum absolute atomic E-state index is 0.283. The van der Waals surface area contributed by atoms with E-state index in [0.29, 0.717) is 17.1 Å². The molecular weight excluding hydrogens is 386 g/mol. The minimum Gasteiger partial charge on any atom is -0.458 e. The summed E-state index contributed by atoms with van der Waals surface area (Å²) in [6, 6.07) is 2.17. The van der Waals surface area contributed by atoms with Gasteiger partial charge < -0.3 is 4.74 Å². The number of thiophene rings is 1. The smallest absolute Gasteiger partial charge is 0.367 e. The van der Waals surface area contributed by atoms with Crippen molar-refractivity contribution in [1.82, 2.24) is 14.8 Å². The Labute approximate surface area is 145 Å². The molecule has 1 aliphatic carbocycles. The molecule has 22 heavy (non-hydrogen) atoms. The van der Waals surface area contributed by atoms with E-state index in [0.717, 1.165) is 28.5 Å². The minimum atomic E-state index is -0.283. The van der Waals surface area contributed by atoms with E-state index in [4.69, 9.17) is 4.74 Å². The maximum Gasteiger partial charge on any atom is 0.367 e. The van der Waals surface area contributed by atoms with Crippen molar-refractivity contribution >= 4 is 44.3 Å². The first-order valence-corrected chi connectivity index (χ1v) is 9.69. The molecule has 2 aromatic heterocycles. The van der Waals surface area contributed by atoms with Crippen molar-refractivity contribution in [1.29, 1.82) is 0 Å². The molecule has 118 valence electrons. The first-order chi connectivity index (χ1) is 10.6. The Kier molecular flexibility index (Phi) is 4.89. The van der Waals surface area contributed by atoms with Gasteiger partial charge in [0.05, 0.1) is 12.4 Å². The molecule has 1 aliphatic rings. The third kappa shape index (κ3) is 3.38. The predicted molar refractivity (Wildman–Crippen MR) is 92.0 cm³/mol. The van der Waals surface area contributed by atoms with Gasteiger partial charge in [0.15, 0.2) is 0 Å². The number of ether oxygens (including phenoxy) is 1. The summed E-state index contributed by atoms with van der Waals surface area (Å²) in [6.45, 7) is 4.33. The molecule has 0 aromatic carbocycles. The van der Waals surface area contributed by atoms with Crippen LogP contribution in [0.3, 0.4) is 0 Å². The number of thioether (sulfide) groups is 1. The molecular formula is C14H16BrN3O2S2. The van der Waals surface area contributed by atoms with Crippen LogP contribution in [0.4, 0.5) is 4.79 Å². The summed E-state index contributed by atoms with van der Waals surface area (Å²) in [4.78, 5) is 13.0. The summed E-state index contributed by atoms with van der Waals surface area (Å²) in [5.74, 6) is 1.91. The van der Waals surface area contributed by atoms with Crippen LogP contribution < -0.4 is 0 Å². The zero-order chi connectivity index (χ0) is 15.7. The fourth-order valence-electron chi connectivity index (χ4n) is 2.23. The molecule has 8 heteroatoms. The summed E-state index contributed by atoms with van der Waals surface area (Å²) in [5.41, 5.74) is 1.33. The highest BCUT2D eigenvalue weighted by molar-refractivity contribution is 9.10. The number of aromatic nitrogens is 3. The van der Waals surface area contributed by atoms with E-state index in [1.54, 1.807) is 18.3 Å². The van der Waals surface area contributed by atoms with Gasteiger partial charge in [0, 0.05) is 4.88 Å². The van der Waals surface area contributed by atoms with E-state index in [1.165, 1.54) is 23.3 Å². The molecule has 0 aliphatic heterocycles. The lowest BCUT2D eigenvalue weighted by Crippen LogP contribution is -2.02. The standard InChI is InChI=1S/C14H16BrN3O2S2/c1-3-20-14(19)21-7-10-16-17-13(15)18(10)11-6-8(2)12(22-11)9-4-5-9/h6,9H,3-5,7H2,1-2H3. The van der Waals surface area contributed by atoms with Crippen molar-refractivity contribution in [3.8, 4) is 5.00 Å². The predicted octanol–water partition coefficient (Wildman–Crippen LogP) is 4.67. The molecule has 3 rings (SSSR count). The third-order valence-electron chi connectivity index (χ3n) is 3.38. The van der Waals surface area contributed by atoms with E-state index < -0.39 is 0 Å². The van der Waals surface area contributed by atoms with E-state index in [1.807, 2.05) is 4.57 Å². The van der Waals surface area contributed by atoms with Crippen molar-refractivity contribution in [2.24, 2.45) is 0 Å². The number of halogens is 1. The van der Waals surface area contributed by atoms with Crippen LogP contribution in [0.15, 0.2) is 10.8 Å². The molecule has 1 fully saturated rings. The first kappa shape index (κ1) is 16.0. The Hall–Kier alpha value is -0.860. The summed E-state index contributed by atoms with van der Waals surface area (Å²) < 4.78 is 7.57. The molecule has 0 bridgehead atoms. The van der Waals surface area contributed by atoms with Gasteiger partial charge >= 0.3 is 5.30 Å². The summed E-state index contributed by atoms with van der Waals surface area (Å²) in [7, 11) is 0. The second-order valence-electron chi connectivity index (χ2n) is 5.10. The van der Waals surface area contributed by atoms with Crippen LogP contribution >= 0.6 is 39.0 Å². The largest absolute Gasteiger partial charge is 0.458 e. The lowest BCUT2D eigenvalue weighted by molar-refractivity contribution is 0.181. The SMILES string of the molecule is CCOC(=O)SCc1nnc(Br)n1-c1cc(C)c(C2CC2)s1. The Bertz CT molecular complexity index is 694. The maximum atomic E-state index is 11.5. The van der Waals surface area contributed by atoms with Crippen LogP contribution in [0.25, 0.3) is 5.00 Å². The van der Waals surface area contributed by atoms with Gasteiger partial charge in [-0.2, -0.15) is 0 Å². The molecule has 0 N–H and O–H groups in total. The van der Waals surface area contributed by atoms with Gasteiger partial charge in [-0.1, -0.05) is 0 Å². The molecule has 0 spiro atoms. The molecule has 0 unspecified atom stereocenters. The average Bonchev–Trinajstić information content (AvgIpc) is 3.15. The van der Waals surface area contributed by atoms with Gasteiger partial charge in [0.1, 0.15) is 10.8 Å². The van der Waals surface area contributed by atoms with Gasteiger partial charge in [0.2, 0.25) is 4.73 Å². The van der Waals surface area contributed by atoms with Crippen LogP contribution in [0.1, 0.15) is 41.9 Å². The number of carbonyl (C=O) groups excluding carboxylic acids is 1. The van der Waals surface area contributed by atoms with Gasteiger partial charge in [-0.3, -0.25) is 4.57 Å². The van der Waals surface area contributed by atoms with Crippen LogP contribution in [-0.4, -0.2) is 26.7 Å². The molecule has 0 radical (unpaired) electrons. The van der Waals surface area contributed by atoms with Gasteiger partial charge in [0.25, 0.3) is 0 Å². The average molecular weight is 402 g/mol. The zero-order valence-corrected chi connectivity index (χ0v) is 15.6. The summed E-state index contributed by atoms with van der Waals surface area (Å²) in [6.07, 6.45) is 2.57. The molecule has 0 atom stereocenters. The van der Waals surface area contributed by atoms with Crippen LogP contribution in [0.5, 0.6) is 0 Å². The van der Waals surface area contributed by atoms with Crippen molar-refractivity contribution < 1.29 is 9.53 Å². The highest BCUT2D eigenvalue weighted by Crippen LogP contribution is 2.46. The van der Waals surface area contributed by atoms with Crippen molar-refractivity contribution in [3.63, 3.8) is 0 Å². The van der Waals surface area contributed by atoms with Crippen LogP contribution in [-0.2, 0) is 10.5 Å². The Morgan fingerprint density at radius 2 is 2.32 bits per heavy atom. The monoisotopic (exact) mass is 401 g/mol. The summed E-state index contributed by atoms with van der Waals surface area (Å²) in [5, 5.41) is 9.07. The van der Waals surface area contributed by atoms with Gasteiger partial charge in [-0.15, -0.1) is 21.5 Å². The first-order valence-electron chi connectivity index (χ1n) is 7.10. The fourth-order valence-corrected chi connectivity index (χ4v) is 4.82. The van der Waals surface area contributed by atoms with E-state index >= 15 is 0 Å². The highest BCUT2D eigenvalue weighted by Gasteiger charge is 2.28.